The normalized spacial score (nSPS) is 16.4. The first-order valence-electron chi connectivity index (χ1n) is 10.2. The van der Waals surface area contributed by atoms with E-state index in [0.717, 1.165) is 6.42 Å². The molecule has 0 aliphatic heterocycles. The van der Waals surface area contributed by atoms with Gasteiger partial charge in [0, 0.05) is 0 Å². The summed E-state index contributed by atoms with van der Waals surface area (Å²) in [5.74, 6) is 0. The summed E-state index contributed by atoms with van der Waals surface area (Å²) in [5, 5.41) is 0. The van der Waals surface area contributed by atoms with Gasteiger partial charge in [-0.3, -0.25) is 0 Å². The van der Waals surface area contributed by atoms with Crippen LogP contribution < -0.4 is 24.8 Å². The molecule has 160 valence electrons. The molecule has 4 rings (SSSR count). The molecule has 0 heterocycles. The van der Waals surface area contributed by atoms with Crippen molar-refractivity contribution < 1.29 is 45.1 Å². The van der Waals surface area contributed by atoms with Crippen LogP contribution in [0, 0.1) is 13.8 Å². The molecule has 0 nitrogen and oxygen atoms in total. The molecule has 0 fully saturated rings. The fourth-order valence-electron chi connectivity index (χ4n) is 5.28. The van der Waals surface area contributed by atoms with Gasteiger partial charge in [-0.05, 0) is 0 Å². The molecule has 30 heavy (non-hydrogen) atoms. The number of halogens is 2. The van der Waals surface area contributed by atoms with Gasteiger partial charge in [0.2, 0.25) is 0 Å². The summed E-state index contributed by atoms with van der Waals surface area (Å²) in [6.07, 6.45) is 12.8. The van der Waals surface area contributed by atoms with E-state index in [2.05, 4.69) is 85.8 Å². The Balaban J connectivity index is 0.00000150. The molecule has 2 aliphatic carbocycles. The van der Waals surface area contributed by atoms with Gasteiger partial charge in [-0.1, -0.05) is 7.43 Å². The van der Waals surface area contributed by atoms with Crippen LogP contribution in [-0.2, 0) is 20.3 Å². The zero-order valence-corrected chi connectivity index (χ0v) is 21.6. The minimum atomic E-state index is -2.67. The number of fused-ring (bicyclic) bond motifs is 3. The standard InChI is InChI=1S/C15H13.C5H5.C5H9.CH4.CH3.2ClH.Zr/c1-10-6-7-14-13(8-10)9-12-5-3-4-11(2)15(12)14;1-2-4-5-3-1;1-3-5-4-2;;;;;/h3-9H,1-2H3;1-3H,4H2;3H,1-2,4-5H2;1H4;1H3;2*1H;/q;;;;;;;+2/p-2. The number of allylic oxidation sites excluding steroid dienone is 5. The molecule has 0 saturated heterocycles. The van der Waals surface area contributed by atoms with E-state index >= 15 is 0 Å². The van der Waals surface area contributed by atoms with Crippen molar-refractivity contribution in [2.45, 2.75) is 52.9 Å². The maximum atomic E-state index is 3.97. The van der Waals surface area contributed by atoms with E-state index in [1.807, 2.05) is 0 Å². The molecule has 2 aromatic rings. The molecule has 0 aromatic heterocycles. The fraction of sp³-hybridized carbons (Fsp3) is 0.333. The summed E-state index contributed by atoms with van der Waals surface area (Å²) in [4.78, 5) is 0. The third-order valence-electron chi connectivity index (χ3n) is 6.65. The number of benzene rings is 2. The van der Waals surface area contributed by atoms with Gasteiger partial charge in [-0.25, -0.2) is 0 Å². The predicted octanol–water partition coefficient (Wildman–Crippen LogP) is 2.45. The van der Waals surface area contributed by atoms with Crippen LogP contribution in [0.4, 0.5) is 0 Å². The first kappa shape index (κ1) is 27.2. The number of rotatable bonds is 6. The smallest absolute Gasteiger partial charge is 1.00 e. The van der Waals surface area contributed by atoms with Crippen LogP contribution in [0.15, 0.2) is 70.6 Å². The van der Waals surface area contributed by atoms with Crippen molar-refractivity contribution in [1.29, 1.82) is 0 Å². The number of aryl methyl sites for hydroxylation is 2. The van der Waals surface area contributed by atoms with Crippen LogP contribution in [0.5, 0.6) is 0 Å². The molecule has 2 atom stereocenters. The van der Waals surface area contributed by atoms with Crippen molar-refractivity contribution in [2.75, 3.05) is 0 Å². The zero-order chi connectivity index (χ0) is 19.0. The van der Waals surface area contributed by atoms with E-state index < -0.39 is 20.3 Å². The van der Waals surface area contributed by atoms with Crippen molar-refractivity contribution in [3.63, 3.8) is 0 Å². The van der Waals surface area contributed by atoms with Crippen LogP contribution >= 0.6 is 0 Å². The second-order valence-electron chi connectivity index (χ2n) is 8.49. The van der Waals surface area contributed by atoms with Crippen LogP contribution in [0.2, 0.25) is 8.76 Å². The van der Waals surface area contributed by atoms with Crippen LogP contribution in [-0.4, -0.2) is 0 Å². The monoisotopic (exact) mass is 518 g/mol. The van der Waals surface area contributed by atoms with Crippen LogP contribution in [0.3, 0.4) is 0 Å². The van der Waals surface area contributed by atoms with Crippen LogP contribution in [0.1, 0.15) is 52.6 Å². The van der Waals surface area contributed by atoms with Gasteiger partial charge in [0.1, 0.15) is 0 Å². The minimum Gasteiger partial charge on any atom is -1.00 e. The predicted molar refractivity (Wildman–Crippen MR) is 122 cm³/mol. The second kappa shape index (κ2) is 11.1. The first-order chi connectivity index (χ1) is 13.1. The molecule has 0 N–H and O–H groups in total. The van der Waals surface area contributed by atoms with Crippen molar-refractivity contribution >= 4 is 0 Å². The Morgan fingerprint density at radius 2 is 1.87 bits per heavy atom. The largest absolute Gasteiger partial charge is 1.00 e. The molecular formula is C27H34Cl2Zr. The quantitative estimate of drug-likeness (QED) is 0.406. The molecule has 2 aliphatic rings. The average molecular weight is 521 g/mol. The summed E-state index contributed by atoms with van der Waals surface area (Å²) in [6.45, 7) is 8.49. The third kappa shape index (κ3) is 4.65. The molecular weight excluding hydrogens is 486 g/mol. The van der Waals surface area contributed by atoms with Crippen LogP contribution in [0.25, 0.3) is 11.1 Å². The maximum absolute atomic E-state index is 3.97. The van der Waals surface area contributed by atoms with Gasteiger partial charge in [0.15, 0.2) is 0 Å². The Labute approximate surface area is 200 Å². The Morgan fingerprint density at radius 1 is 1.10 bits per heavy atom. The van der Waals surface area contributed by atoms with Gasteiger partial charge in [0.25, 0.3) is 0 Å². The van der Waals surface area contributed by atoms with E-state index in [1.54, 1.807) is 14.4 Å². The first-order valence-corrected chi connectivity index (χ1v) is 17.1. The van der Waals surface area contributed by atoms with Crippen molar-refractivity contribution in [2.24, 2.45) is 0 Å². The number of hydrogen-bond donors (Lipinski definition) is 0. The Hall–Kier alpha value is -0.877. The Morgan fingerprint density at radius 3 is 2.53 bits per heavy atom. The van der Waals surface area contributed by atoms with E-state index in [0.29, 0.717) is 3.63 Å². The number of hydrogen-bond acceptors (Lipinski definition) is 0. The van der Waals surface area contributed by atoms with E-state index in [1.165, 1.54) is 39.2 Å². The summed E-state index contributed by atoms with van der Waals surface area (Å²) in [7, 11) is 0. The average Bonchev–Trinajstić information content (AvgIpc) is 3.28. The summed E-state index contributed by atoms with van der Waals surface area (Å²) in [5.41, 5.74) is 9.07. The molecule has 0 radical (unpaired) electrons. The zero-order valence-electron chi connectivity index (χ0n) is 17.6. The molecule has 2 aromatic carbocycles. The molecule has 0 bridgehead atoms. The van der Waals surface area contributed by atoms with Gasteiger partial charge in [-0.15, -0.1) is 0 Å². The molecule has 3 heteroatoms. The molecule has 0 amide bonds. The summed E-state index contributed by atoms with van der Waals surface area (Å²) in [6, 6.07) is 14.1. The fourth-order valence-corrected chi connectivity index (χ4v) is 17.2. The molecule has 0 spiro atoms. The van der Waals surface area contributed by atoms with E-state index in [9.17, 15) is 0 Å². The van der Waals surface area contributed by atoms with Gasteiger partial charge >= 0.3 is 170 Å². The van der Waals surface area contributed by atoms with E-state index in [-0.39, 0.29) is 32.2 Å². The molecule has 2 unspecified atom stereocenters. The Bertz CT molecular complexity index is 957. The van der Waals surface area contributed by atoms with Crippen molar-refractivity contribution in [3.05, 3.63) is 92.8 Å². The maximum Gasteiger partial charge on any atom is -1.00 e. The third-order valence-corrected chi connectivity index (χ3v) is 19.3. The minimum absolute atomic E-state index is 0. The topological polar surface area (TPSA) is 0 Å². The summed E-state index contributed by atoms with van der Waals surface area (Å²) >= 11 is -2.67. The Kier molecular flexibility index (Phi) is 10.1. The second-order valence-corrected chi connectivity index (χ2v) is 19.7. The number of unbranched alkanes of at least 4 members (excludes halogenated alkanes) is 1. The molecule has 0 saturated carbocycles. The van der Waals surface area contributed by atoms with Gasteiger partial charge < -0.3 is 24.8 Å². The van der Waals surface area contributed by atoms with Gasteiger partial charge in [-0.2, -0.15) is 0 Å². The van der Waals surface area contributed by atoms with Gasteiger partial charge in [0.05, 0.1) is 0 Å². The SMILES string of the molecule is C.C=CCC[CH2][Zr+2]([CH3])([C]1=CC=CC1)[CH]1c2cc(C)ccc2-c2c(C)cccc21.[Cl-].[Cl-]. The van der Waals surface area contributed by atoms with Crippen molar-refractivity contribution in [1.82, 2.24) is 0 Å². The summed E-state index contributed by atoms with van der Waals surface area (Å²) < 4.78 is 6.55. The van der Waals surface area contributed by atoms with E-state index in [4.69, 9.17) is 0 Å². The van der Waals surface area contributed by atoms with Crippen molar-refractivity contribution in [3.8, 4) is 11.1 Å².